The molecule has 3 N–H and O–H groups in total. The summed E-state index contributed by atoms with van der Waals surface area (Å²) < 4.78 is 0. The first kappa shape index (κ1) is 18.6. The first-order chi connectivity index (χ1) is 11.0. The molecule has 3 atom stereocenters. The van der Waals surface area contributed by atoms with Crippen LogP contribution in [0.25, 0.3) is 0 Å². The molecule has 0 radical (unpaired) electrons. The number of urea groups is 1. The van der Waals surface area contributed by atoms with Gasteiger partial charge in [0, 0.05) is 19.1 Å². The minimum Gasteiger partial charge on any atom is -0.351 e. The molecule has 1 saturated heterocycles. The molecule has 3 rings (SSSR count). The van der Waals surface area contributed by atoms with Gasteiger partial charge in [0.1, 0.15) is 6.04 Å². The molecule has 2 aliphatic heterocycles. The molecule has 7 nitrogen and oxygen atoms in total. The molecule has 3 amide bonds. The van der Waals surface area contributed by atoms with Crippen molar-refractivity contribution in [3.63, 3.8) is 0 Å². The number of hydrogen-bond acceptors (Lipinski definition) is 4. The van der Waals surface area contributed by atoms with Crippen LogP contribution >= 0.6 is 12.4 Å². The quantitative estimate of drug-likeness (QED) is 0.731. The number of rotatable bonds is 3. The van der Waals surface area contributed by atoms with Crippen LogP contribution in [0.2, 0.25) is 0 Å². The number of nitrogens with zero attached hydrogens (tertiary/aromatic N) is 3. The Kier molecular flexibility index (Phi) is 5.73. The van der Waals surface area contributed by atoms with Crippen LogP contribution in [-0.4, -0.2) is 59.5 Å². The van der Waals surface area contributed by atoms with Gasteiger partial charge in [-0.1, -0.05) is 0 Å². The number of carbonyl (C=O) groups is 2. The minimum absolute atomic E-state index is 0. The van der Waals surface area contributed by atoms with Crippen molar-refractivity contribution in [2.75, 3.05) is 19.6 Å². The van der Waals surface area contributed by atoms with E-state index in [4.69, 9.17) is 11.0 Å². The fourth-order valence-corrected chi connectivity index (χ4v) is 4.02. The standard InChI is InChI=1S/C16H23N5O2.ClH/c1-10-14-6-12(5-11(14)9-21(10)16(18)23)19-8-15(22)20-4-2-3-13(20)7-17;/h10,12-13,19H,2-6,8-9H2,1H3,(H2,18,23);1H/t10?,12?,13-;/m0./s1. The van der Waals surface area contributed by atoms with E-state index in [2.05, 4.69) is 11.4 Å². The topological polar surface area (TPSA) is 102 Å². The van der Waals surface area contributed by atoms with Crippen LogP contribution in [0.5, 0.6) is 0 Å². The second-order valence-corrected chi connectivity index (χ2v) is 6.63. The number of hydrogen-bond donors (Lipinski definition) is 2. The van der Waals surface area contributed by atoms with E-state index in [0.29, 0.717) is 13.1 Å². The average molecular weight is 354 g/mol. The van der Waals surface area contributed by atoms with E-state index >= 15 is 0 Å². The van der Waals surface area contributed by atoms with Crippen molar-refractivity contribution in [1.82, 2.24) is 15.1 Å². The number of nitrogens with two attached hydrogens (primary N) is 1. The Morgan fingerprint density at radius 1 is 1.38 bits per heavy atom. The molecular weight excluding hydrogens is 330 g/mol. The molecule has 3 aliphatic rings. The molecule has 24 heavy (non-hydrogen) atoms. The van der Waals surface area contributed by atoms with E-state index in [0.717, 1.165) is 25.7 Å². The first-order valence-corrected chi connectivity index (χ1v) is 8.20. The lowest BCUT2D eigenvalue weighted by molar-refractivity contribution is -0.130. The highest BCUT2D eigenvalue weighted by Gasteiger charge is 2.38. The van der Waals surface area contributed by atoms with Gasteiger partial charge in [0.2, 0.25) is 5.91 Å². The number of primary amides is 1. The van der Waals surface area contributed by atoms with Crippen LogP contribution in [0.1, 0.15) is 32.6 Å². The van der Waals surface area contributed by atoms with Gasteiger partial charge in [0.15, 0.2) is 0 Å². The molecule has 0 saturated carbocycles. The predicted octanol–water partition coefficient (Wildman–Crippen LogP) is 0.754. The summed E-state index contributed by atoms with van der Waals surface area (Å²) in [4.78, 5) is 27.0. The fourth-order valence-electron chi connectivity index (χ4n) is 4.02. The van der Waals surface area contributed by atoms with Crippen LogP contribution < -0.4 is 11.1 Å². The summed E-state index contributed by atoms with van der Waals surface area (Å²) in [5, 5.41) is 12.4. The number of amides is 3. The minimum atomic E-state index is -0.372. The predicted molar refractivity (Wildman–Crippen MR) is 91.4 cm³/mol. The van der Waals surface area contributed by atoms with Gasteiger partial charge in [0.05, 0.1) is 18.7 Å². The maximum Gasteiger partial charge on any atom is 0.315 e. The number of carbonyl (C=O) groups excluding carboxylic acids is 2. The fraction of sp³-hybridized carbons (Fsp3) is 0.688. The zero-order valence-corrected chi connectivity index (χ0v) is 14.6. The highest BCUT2D eigenvalue weighted by atomic mass is 35.5. The Bertz CT molecular complexity index is 600. The largest absolute Gasteiger partial charge is 0.351 e. The van der Waals surface area contributed by atoms with Gasteiger partial charge in [-0.2, -0.15) is 5.26 Å². The second kappa shape index (κ2) is 7.41. The third-order valence-electron chi connectivity index (χ3n) is 5.29. The van der Waals surface area contributed by atoms with Gasteiger partial charge in [-0.3, -0.25) is 4.79 Å². The Hall–Kier alpha value is -1.78. The van der Waals surface area contributed by atoms with E-state index < -0.39 is 0 Å². The van der Waals surface area contributed by atoms with Crippen LogP contribution in [0.4, 0.5) is 4.79 Å². The SMILES string of the molecule is CC1C2=C(CC(NCC(=O)N3CCC[C@H]3C#N)C2)CN1C(N)=O.Cl. The van der Waals surface area contributed by atoms with Crippen molar-refractivity contribution in [3.8, 4) is 6.07 Å². The van der Waals surface area contributed by atoms with Crippen molar-refractivity contribution in [3.05, 3.63) is 11.1 Å². The molecule has 1 fully saturated rings. The number of nitriles is 1. The van der Waals surface area contributed by atoms with E-state index in [-0.39, 0.29) is 49.0 Å². The van der Waals surface area contributed by atoms with Crippen LogP contribution in [0.15, 0.2) is 11.1 Å². The van der Waals surface area contributed by atoms with Crippen LogP contribution in [0, 0.1) is 11.3 Å². The summed E-state index contributed by atoms with van der Waals surface area (Å²) in [5.74, 6) is 0.00733. The Morgan fingerprint density at radius 3 is 2.75 bits per heavy atom. The molecule has 1 aliphatic carbocycles. The van der Waals surface area contributed by atoms with Crippen molar-refractivity contribution >= 4 is 24.3 Å². The van der Waals surface area contributed by atoms with Crippen molar-refractivity contribution in [1.29, 1.82) is 5.26 Å². The van der Waals surface area contributed by atoms with Crippen LogP contribution in [-0.2, 0) is 4.79 Å². The number of likely N-dealkylation sites (tertiary alicyclic amines) is 2. The second-order valence-electron chi connectivity index (χ2n) is 6.63. The molecule has 0 aromatic carbocycles. The number of halogens is 1. The molecule has 2 heterocycles. The summed E-state index contributed by atoms with van der Waals surface area (Å²) in [7, 11) is 0. The summed E-state index contributed by atoms with van der Waals surface area (Å²) in [6.45, 7) is 3.57. The monoisotopic (exact) mass is 353 g/mol. The molecule has 132 valence electrons. The molecule has 0 spiro atoms. The first-order valence-electron chi connectivity index (χ1n) is 8.20. The third kappa shape index (κ3) is 3.35. The third-order valence-corrected chi connectivity index (χ3v) is 5.29. The lowest BCUT2D eigenvalue weighted by Crippen LogP contribution is -2.44. The van der Waals surface area contributed by atoms with Gasteiger partial charge in [0.25, 0.3) is 0 Å². The van der Waals surface area contributed by atoms with Crippen LogP contribution in [0.3, 0.4) is 0 Å². The maximum absolute atomic E-state index is 12.3. The number of nitrogens with one attached hydrogen (secondary N) is 1. The van der Waals surface area contributed by atoms with Gasteiger partial charge >= 0.3 is 6.03 Å². The molecule has 0 aromatic heterocycles. The highest BCUT2D eigenvalue weighted by molar-refractivity contribution is 5.85. The average Bonchev–Trinajstić information content (AvgIpc) is 3.20. The normalized spacial score (nSPS) is 28.6. The Labute approximate surface area is 148 Å². The Morgan fingerprint density at radius 2 is 2.12 bits per heavy atom. The van der Waals surface area contributed by atoms with Crippen molar-refractivity contribution in [2.45, 2.75) is 50.7 Å². The smallest absolute Gasteiger partial charge is 0.315 e. The summed E-state index contributed by atoms with van der Waals surface area (Å²) >= 11 is 0. The molecule has 8 heteroatoms. The molecule has 0 bridgehead atoms. The summed E-state index contributed by atoms with van der Waals surface area (Å²) in [6.07, 6.45) is 3.40. The molecule has 0 aromatic rings. The summed E-state index contributed by atoms with van der Waals surface area (Å²) in [6, 6.07) is 1.86. The zero-order chi connectivity index (χ0) is 16.6. The zero-order valence-electron chi connectivity index (χ0n) is 13.8. The Balaban J connectivity index is 0.00000208. The van der Waals surface area contributed by atoms with E-state index in [1.807, 2.05) is 6.92 Å². The highest BCUT2D eigenvalue weighted by Crippen LogP contribution is 2.36. The molecule has 2 unspecified atom stereocenters. The lowest BCUT2D eigenvalue weighted by Gasteiger charge is -2.25. The van der Waals surface area contributed by atoms with Crippen molar-refractivity contribution in [2.24, 2.45) is 5.73 Å². The summed E-state index contributed by atoms with van der Waals surface area (Å²) in [5.41, 5.74) is 7.95. The van der Waals surface area contributed by atoms with Crippen molar-refractivity contribution < 1.29 is 9.59 Å². The van der Waals surface area contributed by atoms with E-state index in [1.54, 1.807) is 9.80 Å². The lowest BCUT2D eigenvalue weighted by atomic mass is 10.1. The van der Waals surface area contributed by atoms with Gasteiger partial charge < -0.3 is 20.9 Å². The van der Waals surface area contributed by atoms with Gasteiger partial charge in [-0.25, -0.2) is 4.79 Å². The van der Waals surface area contributed by atoms with Gasteiger partial charge in [-0.15, -0.1) is 12.4 Å². The van der Waals surface area contributed by atoms with E-state index in [1.165, 1.54) is 11.1 Å². The molecular formula is C16H24ClN5O2. The maximum atomic E-state index is 12.3. The van der Waals surface area contributed by atoms with Gasteiger partial charge in [-0.05, 0) is 43.8 Å². The van der Waals surface area contributed by atoms with E-state index in [9.17, 15) is 9.59 Å².